The zero-order valence-electron chi connectivity index (χ0n) is 19.1. The van der Waals surface area contributed by atoms with Crippen molar-refractivity contribution in [1.29, 1.82) is 0 Å². The molecule has 0 saturated heterocycles. The summed E-state index contributed by atoms with van der Waals surface area (Å²) in [7, 11) is 0. The van der Waals surface area contributed by atoms with E-state index < -0.39 is 84.5 Å². The number of nitrogens with one attached hydrogen (secondary N) is 4. The van der Waals surface area contributed by atoms with Gasteiger partial charge in [-0.15, -0.1) is 0 Å². The van der Waals surface area contributed by atoms with Crippen LogP contribution >= 0.6 is 0 Å². The lowest BCUT2D eigenvalue weighted by atomic mass is 10.0. The molecule has 0 bridgehead atoms. The minimum Gasteiger partial charge on any atom is -0.481 e. The maximum Gasteiger partial charge on any atom is 0.326 e. The molecular weight excluding hydrogens is 456 g/mol. The predicted molar refractivity (Wildman–Crippen MR) is 116 cm³/mol. The van der Waals surface area contributed by atoms with Gasteiger partial charge in [0.25, 0.3) is 0 Å². The fraction of sp³-hybridized carbons (Fsp3) is 0.632. The monoisotopic (exact) mass is 488 g/mol. The molecule has 0 rings (SSSR count). The van der Waals surface area contributed by atoms with Crippen LogP contribution in [0.3, 0.4) is 0 Å². The molecule has 0 aromatic heterocycles. The van der Waals surface area contributed by atoms with Gasteiger partial charge < -0.3 is 42.9 Å². The van der Waals surface area contributed by atoms with E-state index in [1.807, 2.05) is 0 Å². The summed E-state index contributed by atoms with van der Waals surface area (Å²) in [5.41, 5.74) is 10.6. The quantitative estimate of drug-likeness (QED) is 0.112. The Labute approximate surface area is 195 Å². The van der Waals surface area contributed by atoms with Crippen molar-refractivity contribution in [2.45, 2.75) is 64.2 Å². The molecule has 4 atom stereocenters. The Morgan fingerprint density at radius 3 is 1.91 bits per heavy atom. The van der Waals surface area contributed by atoms with Crippen LogP contribution < -0.4 is 32.7 Å². The van der Waals surface area contributed by atoms with Gasteiger partial charge in [-0.1, -0.05) is 13.8 Å². The molecule has 15 nitrogen and oxygen atoms in total. The lowest BCUT2D eigenvalue weighted by Crippen LogP contribution is -2.55. The van der Waals surface area contributed by atoms with E-state index >= 15 is 0 Å². The molecule has 15 heteroatoms. The van der Waals surface area contributed by atoms with Gasteiger partial charge in [0.15, 0.2) is 0 Å². The smallest absolute Gasteiger partial charge is 0.326 e. The summed E-state index contributed by atoms with van der Waals surface area (Å²) in [5.74, 6) is -7.36. The van der Waals surface area contributed by atoms with E-state index in [0.717, 1.165) is 0 Å². The van der Waals surface area contributed by atoms with Crippen molar-refractivity contribution >= 4 is 41.5 Å². The van der Waals surface area contributed by atoms with E-state index in [0.29, 0.717) is 0 Å². The zero-order valence-corrected chi connectivity index (χ0v) is 19.1. The van der Waals surface area contributed by atoms with Gasteiger partial charge in [-0.05, 0) is 19.3 Å². The summed E-state index contributed by atoms with van der Waals surface area (Å²) in [6, 6.07) is -5.09. The molecule has 0 aliphatic heterocycles. The lowest BCUT2D eigenvalue weighted by Gasteiger charge is -2.22. The highest BCUT2D eigenvalue weighted by molar-refractivity contribution is 5.95. The number of aliphatic carboxylic acids is 2. The molecule has 0 fully saturated rings. The van der Waals surface area contributed by atoms with Gasteiger partial charge in [0, 0.05) is 6.42 Å². The second-order valence-electron chi connectivity index (χ2n) is 7.85. The van der Waals surface area contributed by atoms with Crippen molar-refractivity contribution in [3.8, 4) is 0 Å². The van der Waals surface area contributed by atoms with Crippen LogP contribution in [0.25, 0.3) is 0 Å². The molecule has 0 heterocycles. The largest absolute Gasteiger partial charge is 0.481 e. The highest BCUT2D eigenvalue weighted by atomic mass is 16.4. The number of carboxylic acids is 2. The Morgan fingerprint density at radius 1 is 0.853 bits per heavy atom. The third kappa shape index (κ3) is 11.8. The second kappa shape index (κ2) is 14.4. The second-order valence-corrected chi connectivity index (χ2v) is 7.85. The first-order valence-electron chi connectivity index (χ1n) is 10.3. The number of primary amides is 1. The molecule has 0 aromatic rings. The predicted octanol–water partition coefficient (Wildman–Crippen LogP) is -3.61. The van der Waals surface area contributed by atoms with Crippen LogP contribution in [-0.4, -0.2) is 82.4 Å². The van der Waals surface area contributed by atoms with Gasteiger partial charge in [-0.3, -0.25) is 28.8 Å². The van der Waals surface area contributed by atoms with Gasteiger partial charge >= 0.3 is 11.9 Å². The van der Waals surface area contributed by atoms with Crippen LogP contribution in [0.2, 0.25) is 0 Å². The summed E-state index contributed by atoms with van der Waals surface area (Å²) in [6.07, 6.45) is -0.971. The van der Waals surface area contributed by atoms with Crippen molar-refractivity contribution in [2.24, 2.45) is 17.4 Å². The molecule has 192 valence electrons. The molecule has 0 unspecified atom stereocenters. The van der Waals surface area contributed by atoms with Gasteiger partial charge in [-0.2, -0.15) is 0 Å². The molecule has 0 spiro atoms. The van der Waals surface area contributed by atoms with E-state index in [9.17, 15) is 33.6 Å². The Kier molecular flexibility index (Phi) is 12.8. The maximum absolute atomic E-state index is 12.3. The molecule has 0 aliphatic rings. The molecule has 34 heavy (non-hydrogen) atoms. The molecule has 0 aliphatic carbocycles. The summed E-state index contributed by atoms with van der Waals surface area (Å²) in [5, 5.41) is 26.9. The minimum absolute atomic E-state index is 0.0233. The number of carboxylic acid groups (broad SMARTS) is 2. The number of hydrogen-bond acceptors (Lipinski definition) is 8. The number of hydrogen-bond donors (Lipinski definition) is 8. The Bertz CT molecular complexity index is 801. The number of carbonyl (C=O) groups is 7. The van der Waals surface area contributed by atoms with Crippen molar-refractivity contribution in [1.82, 2.24) is 21.3 Å². The summed E-state index contributed by atoms with van der Waals surface area (Å²) < 4.78 is 0. The van der Waals surface area contributed by atoms with Gasteiger partial charge in [0.05, 0.1) is 19.0 Å². The Balaban J connectivity index is 4.86. The van der Waals surface area contributed by atoms with Crippen LogP contribution in [0.15, 0.2) is 0 Å². The molecule has 0 radical (unpaired) electrons. The zero-order chi connectivity index (χ0) is 26.6. The number of rotatable bonds is 15. The normalized spacial score (nSPS) is 14.1. The van der Waals surface area contributed by atoms with Crippen LogP contribution in [0.4, 0.5) is 0 Å². The molecule has 10 N–H and O–H groups in total. The molecule has 0 aromatic carbocycles. The molecule has 0 saturated carbocycles. The van der Waals surface area contributed by atoms with Crippen LogP contribution in [0.5, 0.6) is 0 Å². The van der Waals surface area contributed by atoms with Crippen molar-refractivity contribution in [3.05, 3.63) is 0 Å². The van der Waals surface area contributed by atoms with Crippen molar-refractivity contribution in [3.63, 3.8) is 0 Å². The minimum atomic E-state index is -1.59. The summed E-state index contributed by atoms with van der Waals surface area (Å²) in [6.45, 7) is 3.71. The standard InChI is InChI=1S/C19H32N6O9/c1-8(2)15(19(33)34)25-18(32)11(6-14(28)29)24-13(27)7-22-16(30)9(3)23-17(31)10(20)4-5-12(21)26/h8-11,15H,4-7,20H2,1-3H3,(H2,21,26)(H,22,30)(H,23,31)(H,24,27)(H,25,32)(H,28,29)(H,33,34)/t9-,10-,11-,15-/m0/s1. The fourth-order valence-electron chi connectivity index (χ4n) is 2.53. The van der Waals surface area contributed by atoms with Crippen LogP contribution in [0.1, 0.15) is 40.0 Å². The van der Waals surface area contributed by atoms with Gasteiger partial charge in [0.2, 0.25) is 29.5 Å². The first kappa shape index (κ1) is 30.2. The molecular formula is C19H32N6O9. The van der Waals surface area contributed by atoms with E-state index in [-0.39, 0.29) is 12.8 Å². The first-order valence-corrected chi connectivity index (χ1v) is 10.3. The first-order chi connectivity index (χ1) is 15.6. The number of carbonyl (C=O) groups excluding carboxylic acids is 5. The van der Waals surface area contributed by atoms with E-state index in [4.69, 9.17) is 21.7 Å². The fourth-order valence-corrected chi connectivity index (χ4v) is 2.53. The third-order valence-electron chi connectivity index (χ3n) is 4.47. The van der Waals surface area contributed by atoms with E-state index in [1.54, 1.807) is 0 Å². The van der Waals surface area contributed by atoms with Crippen LogP contribution in [-0.2, 0) is 33.6 Å². The molecule has 5 amide bonds. The Morgan fingerprint density at radius 2 is 1.44 bits per heavy atom. The average Bonchev–Trinajstić information content (AvgIpc) is 2.72. The van der Waals surface area contributed by atoms with Gasteiger partial charge in [-0.25, -0.2) is 4.79 Å². The van der Waals surface area contributed by atoms with E-state index in [2.05, 4.69) is 21.3 Å². The van der Waals surface area contributed by atoms with Crippen molar-refractivity contribution < 1.29 is 43.8 Å². The summed E-state index contributed by atoms with van der Waals surface area (Å²) >= 11 is 0. The van der Waals surface area contributed by atoms with Crippen LogP contribution in [0, 0.1) is 5.92 Å². The third-order valence-corrected chi connectivity index (χ3v) is 4.47. The Hall–Kier alpha value is -3.75. The maximum atomic E-state index is 12.3. The number of nitrogens with two attached hydrogens (primary N) is 2. The summed E-state index contributed by atoms with van der Waals surface area (Å²) in [4.78, 5) is 81.5. The van der Waals surface area contributed by atoms with Gasteiger partial charge in [0.1, 0.15) is 18.1 Å². The SMILES string of the molecule is CC(C)[C@H](NC(=O)[C@H](CC(=O)O)NC(=O)CNC(=O)[C@H](C)NC(=O)[C@@H](N)CCC(N)=O)C(=O)O. The topological polar surface area (TPSA) is 260 Å². The average molecular weight is 488 g/mol. The highest BCUT2D eigenvalue weighted by Gasteiger charge is 2.30. The highest BCUT2D eigenvalue weighted by Crippen LogP contribution is 2.03. The van der Waals surface area contributed by atoms with E-state index in [1.165, 1.54) is 20.8 Å². The van der Waals surface area contributed by atoms with Crippen molar-refractivity contribution in [2.75, 3.05) is 6.54 Å². The number of amides is 5. The lowest BCUT2D eigenvalue weighted by molar-refractivity contribution is -0.144.